The molecule has 1 nitrogen and oxygen atoms in total. The van der Waals surface area contributed by atoms with Crippen molar-refractivity contribution in [2.75, 3.05) is 5.32 Å². The minimum absolute atomic E-state index is 1.13. The second-order valence-electron chi connectivity index (χ2n) is 6.96. The fourth-order valence-corrected chi connectivity index (χ4v) is 4.23. The van der Waals surface area contributed by atoms with E-state index >= 15 is 0 Å². The molecule has 0 saturated heterocycles. The molecule has 3 aromatic carbocycles. The highest BCUT2D eigenvalue weighted by Gasteiger charge is 2.20. The zero-order valence-corrected chi connectivity index (χ0v) is 14.3. The number of allylic oxidation sites excluding steroid dienone is 4. The SMILES string of the molecule is C1=CC2=C(CC1)c1ccc3cc(Nc4ccccc4)ccc3c1CC2. The third-order valence-electron chi connectivity index (χ3n) is 5.43. The number of aryl methyl sites for hydroxylation is 1. The Morgan fingerprint density at radius 1 is 0.760 bits per heavy atom. The lowest BCUT2D eigenvalue weighted by atomic mass is 9.79. The molecule has 0 saturated carbocycles. The van der Waals surface area contributed by atoms with Crippen molar-refractivity contribution in [2.45, 2.75) is 25.7 Å². The summed E-state index contributed by atoms with van der Waals surface area (Å²) >= 11 is 0. The predicted molar refractivity (Wildman–Crippen MR) is 107 cm³/mol. The maximum Gasteiger partial charge on any atom is 0.0390 e. The van der Waals surface area contributed by atoms with Gasteiger partial charge in [-0.2, -0.15) is 0 Å². The summed E-state index contributed by atoms with van der Waals surface area (Å²) in [5, 5.41) is 6.25. The van der Waals surface area contributed by atoms with Crippen LogP contribution >= 0.6 is 0 Å². The normalized spacial score (nSPS) is 15.8. The highest BCUT2D eigenvalue weighted by Crippen LogP contribution is 2.40. The quantitative estimate of drug-likeness (QED) is 0.558. The third kappa shape index (κ3) is 2.56. The van der Waals surface area contributed by atoms with E-state index in [1.165, 1.54) is 41.2 Å². The second kappa shape index (κ2) is 5.93. The molecule has 0 bridgehead atoms. The van der Waals surface area contributed by atoms with Gasteiger partial charge in [-0.25, -0.2) is 0 Å². The van der Waals surface area contributed by atoms with Crippen LogP contribution in [0.2, 0.25) is 0 Å². The van der Waals surface area contributed by atoms with E-state index in [2.05, 4.69) is 72.1 Å². The highest BCUT2D eigenvalue weighted by molar-refractivity contribution is 5.94. The zero-order chi connectivity index (χ0) is 16.6. The molecule has 0 heterocycles. The summed E-state index contributed by atoms with van der Waals surface area (Å²) in [4.78, 5) is 0. The van der Waals surface area contributed by atoms with E-state index in [1.807, 2.05) is 6.07 Å². The smallest absolute Gasteiger partial charge is 0.0390 e. The van der Waals surface area contributed by atoms with Crippen LogP contribution in [0.15, 0.2) is 78.4 Å². The summed E-state index contributed by atoms with van der Waals surface area (Å²) < 4.78 is 0. The molecule has 3 aromatic rings. The first-order valence-electron chi connectivity index (χ1n) is 9.15. The molecule has 1 heteroatoms. The van der Waals surface area contributed by atoms with E-state index in [1.54, 1.807) is 11.1 Å². The predicted octanol–water partition coefficient (Wildman–Crippen LogP) is 6.63. The largest absolute Gasteiger partial charge is 0.356 e. The minimum atomic E-state index is 1.13. The van der Waals surface area contributed by atoms with Crippen LogP contribution in [-0.2, 0) is 6.42 Å². The van der Waals surface area contributed by atoms with Gasteiger partial charge in [-0.1, -0.05) is 48.6 Å². The Morgan fingerprint density at radius 3 is 2.60 bits per heavy atom. The van der Waals surface area contributed by atoms with Crippen molar-refractivity contribution in [3.63, 3.8) is 0 Å². The number of fused-ring (bicyclic) bond motifs is 4. The standard InChI is InChI=1S/C24H21N/c1-2-7-19(8-3-1)25-20-12-15-22-18(16-20)11-14-23-21-9-5-4-6-17(21)10-13-24(22)23/h1-4,6-8,11-12,14-16,25H,5,9-10,13H2. The summed E-state index contributed by atoms with van der Waals surface area (Å²) in [5.41, 5.74) is 8.44. The number of benzene rings is 3. The summed E-state index contributed by atoms with van der Waals surface area (Å²) in [7, 11) is 0. The zero-order valence-electron chi connectivity index (χ0n) is 14.3. The van der Waals surface area contributed by atoms with Gasteiger partial charge in [0.2, 0.25) is 0 Å². The molecule has 0 unspecified atom stereocenters. The first-order chi connectivity index (χ1) is 12.4. The second-order valence-corrected chi connectivity index (χ2v) is 6.96. The molecule has 0 atom stereocenters. The van der Waals surface area contributed by atoms with Crippen molar-refractivity contribution < 1.29 is 0 Å². The van der Waals surface area contributed by atoms with Gasteiger partial charge < -0.3 is 5.32 Å². The maximum atomic E-state index is 3.50. The Balaban J connectivity index is 1.57. The van der Waals surface area contributed by atoms with Gasteiger partial charge in [0, 0.05) is 11.4 Å². The molecule has 2 aliphatic carbocycles. The number of anilines is 2. The van der Waals surface area contributed by atoms with E-state index in [-0.39, 0.29) is 0 Å². The van der Waals surface area contributed by atoms with Gasteiger partial charge in [0.1, 0.15) is 0 Å². The van der Waals surface area contributed by atoms with Crippen molar-refractivity contribution in [2.24, 2.45) is 0 Å². The number of hydrogen-bond acceptors (Lipinski definition) is 1. The Kier molecular flexibility index (Phi) is 3.45. The molecule has 25 heavy (non-hydrogen) atoms. The van der Waals surface area contributed by atoms with Crippen LogP contribution in [-0.4, -0.2) is 0 Å². The van der Waals surface area contributed by atoms with E-state index in [9.17, 15) is 0 Å². The molecule has 0 aliphatic heterocycles. The van der Waals surface area contributed by atoms with Crippen molar-refractivity contribution in [1.29, 1.82) is 0 Å². The lowest BCUT2D eigenvalue weighted by Gasteiger charge is -2.25. The summed E-state index contributed by atoms with van der Waals surface area (Å²) in [6, 6.07) is 21.8. The summed E-state index contributed by atoms with van der Waals surface area (Å²) in [5.74, 6) is 0. The molecule has 0 radical (unpaired) electrons. The first-order valence-corrected chi connectivity index (χ1v) is 9.15. The first kappa shape index (κ1) is 14.5. The Labute approximate surface area is 148 Å². The molecule has 5 rings (SSSR count). The molecular weight excluding hydrogens is 302 g/mol. The third-order valence-corrected chi connectivity index (χ3v) is 5.43. The van der Waals surface area contributed by atoms with Crippen molar-refractivity contribution >= 4 is 27.7 Å². The average Bonchev–Trinajstić information content (AvgIpc) is 2.68. The van der Waals surface area contributed by atoms with Crippen LogP contribution in [0.25, 0.3) is 16.3 Å². The van der Waals surface area contributed by atoms with E-state index in [0.717, 1.165) is 17.8 Å². The van der Waals surface area contributed by atoms with Crippen LogP contribution in [0.5, 0.6) is 0 Å². The van der Waals surface area contributed by atoms with E-state index < -0.39 is 0 Å². The van der Waals surface area contributed by atoms with E-state index in [4.69, 9.17) is 0 Å². The Hall–Kier alpha value is -2.80. The van der Waals surface area contributed by atoms with Crippen molar-refractivity contribution in [3.8, 4) is 0 Å². The van der Waals surface area contributed by atoms with Gasteiger partial charge in [-0.05, 0) is 83.0 Å². The lowest BCUT2D eigenvalue weighted by molar-refractivity contribution is 0.904. The van der Waals surface area contributed by atoms with Gasteiger partial charge in [0.05, 0.1) is 0 Å². The lowest BCUT2D eigenvalue weighted by Crippen LogP contribution is -2.07. The molecule has 0 spiro atoms. The molecule has 0 aromatic heterocycles. The highest BCUT2D eigenvalue weighted by atomic mass is 14.9. The van der Waals surface area contributed by atoms with Gasteiger partial charge in [-0.3, -0.25) is 0 Å². The van der Waals surface area contributed by atoms with Crippen LogP contribution in [0.3, 0.4) is 0 Å². The van der Waals surface area contributed by atoms with Crippen LogP contribution in [0.4, 0.5) is 11.4 Å². The van der Waals surface area contributed by atoms with Gasteiger partial charge >= 0.3 is 0 Å². The fraction of sp³-hybridized carbons (Fsp3) is 0.167. The Morgan fingerprint density at radius 2 is 1.68 bits per heavy atom. The number of para-hydroxylation sites is 1. The number of nitrogens with one attached hydrogen (secondary N) is 1. The maximum absolute atomic E-state index is 3.50. The van der Waals surface area contributed by atoms with Gasteiger partial charge in [0.25, 0.3) is 0 Å². The average molecular weight is 323 g/mol. The topological polar surface area (TPSA) is 12.0 Å². The molecule has 2 aliphatic rings. The van der Waals surface area contributed by atoms with E-state index in [0.29, 0.717) is 0 Å². The number of rotatable bonds is 2. The van der Waals surface area contributed by atoms with Crippen molar-refractivity contribution in [1.82, 2.24) is 0 Å². The summed E-state index contributed by atoms with van der Waals surface area (Å²) in [6.07, 6.45) is 9.38. The van der Waals surface area contributed by atoms with Crippen molar-refractivity contribution in [3.05, 3.63) is 89.5 Å². The molecule has 0 fully saturated rings. The van der Waals surface area contributed by atoms with Crippen LogP contribution in [0, 0.1) is 0 Å². The monoisotopic (exact) mass is 323 g/mol. The van der Waals surface area contributed by atoms with Crippen LogP contribution < -0.4 is 5.32 Å². The minimum Gasteiger partial charge on any atom is -0.356 e. The molecule has 1 N–H and O–H groups in total. The summed E-state index contributed by atoms with van der Waals surface area (Å²) in [6.45, 7) is 0. The van der Waals surface area contributed by atoms with Crippen LogP contribution in [0.1, 0.15) is 30.4 Å². The fourth-order valence-electron chi connectivity index (χ4n) is 4.23. The Bertz CT molecular complexity index is 1010. The molecule has 0 amide bonds. The van der Waals surface area contributed by atoms with Gasteiger partial charge in [0.15, 0.2) is 0 Å². The van der Waals surface area contributed by atoms with Gasteiger partial charge in [-0.15, -0.1) is 0 Å². The molecule has 122 valence electrons. The molecular formula is C24H21N. The number of hydrogen-bond donors (Lipinski definition) is 1.